The Morgan fingerprint density at radius 1 is 0.844 bits per heavy atom. The number of amides is 1. The average molecular weight is 453 g/mol. The van der Waals surface area contributed by atoms with E-state index in [9.17, 15) is 9.59 Å². The highest BCUT2D eigenvalue weighted by Gasteiger charge is 2.29. The summed E-state index contributed by atoms with van der Waals surface area (Å²) in [5.41, 5.74) is 3.23. The molecule has 6 heteroatoms. The first-order valence-corrected chi connectivity index (χ1v) is 10.8. The molecule has 0 radical (unpaired) electrons. The van der Waals surface area contributed by atoms with Gasteiger partial charge in [0, 0.05) is 50.3 Å². The van der Waals surface area contributed by atoms with Gasteiger partial charge < -0.3 is 9.64 Å². The summed E-state index contributed by atoms with van der Waals surface area (Å²) in [5, 5.41) is 0. The Kier molecular flexibility index (Phi) is 8.80. The van der Waals surface area contributed by atoms with Crippen molar-refractivity contribution in [2.24, 2.45) is 0 Å². The van der Waals surface area contributed by atoms with Crippen LogP contribution in [0.3, 0.4) is 0 Å². The summed E-state index contributed by atoms with van der Waals surface area (Å²) >= 11 is 0. The largest absolute Gasteiger partial charge is 0.379 e. The van der Waals surface area contributed by atoms with Crippen molar-refractivity contribution in [2.45, 2.75) is 6.42 Å². The van der Waals surface area contributed by atoms with Gasteiger partial charge in [-0.05, 0) is 23.3 Å². The van der Waals surface area contributed by atoms with Crippen LogP contribution in [0.1, 0.15) is 17.5 Å². The monoisotopic (exact) mass is 452 g/mol. The zero-order chi connectivity index (χ0) is 21.5. The maximum absolute atomic E-state index is 13.2. The third-order valence-corrected chi connectivity index (χ3v) is 5.68. The Morgan fingerprint density at radius 2 is 1.34 bits per heavy atom. The molecule has 0 unspecified atom stereocenters. The summed E-state index contributed by atoms with van der Waals surface area (Å²) < 4.78 is 5.39. The van der Waals surface area contributed by atoms with Crippen LogP contribution in [0.2, 0.25) is 0 Å². The van der Waals surface area contributed by atoms with Gasteiger partial charge in [-0.1, -0.05) is 60.7 Å². The van der Waals surface area contributed by atoms with Crippen molar-refractivity contribution in [3.05, 3.63) is 82.9 Å². The lowest BCUT2D eigenvalue weighted by atomic mass is 9.94. The zero-order valence-electron chi connectivity index (χ0n) is 18.1. The van der Waals surface area contributed by atoms with Crippen LogP contribution in [0.5, 0.6) is 0 Å². The fourth-order valence-electron chi connectivity index (χ4n) is 3.95. The highest BCUT2D eigenvalue weighted by Crippen LogP contribution is 2.23. The number of Topliss-reactive ketones (excluding diaryl/α,β-unsaturated/α-hetero) is 1. The van der Waals surface area contributed by atoms with Crippen molar-refractivity contribution in [1.29, 1.82) is 0 Å². The van der Waals surface area contributed by atoms with Gasteiger partial charge in [-0.25, -0.2) is 0 Å². The van der Waals surface area contributed by atoms with Gasteiger partial charge in [0.05, 0.1) is 13.2 Å². The first-order valence-electron chi connectivity index (χ1n) is 10.8. The summed E-state index contributed by atoms with van der Waals surface area (Å²) in [6.07, 6.45) is 4.26. The average Bonchev–Trinajstić information content (AvgIpc) is 2.82. The summed E-state index contributed by atoms with van der Waals surface area (Å²) in [4.78, 5) is 30.3. The number of ether oxygens (including phenoxy) is 1. The standard InChI is InChI=1S/C26H28N2O3.ClH/c29-25(11-12-27-13-15-31-16-14-27)28-19-23(17-21-7-3-1-4-8-21)26(30)24(20-28)18-22-9-5-2-6-10-22;/h1-10,17-18H,11-16,19-20H2;1H/b23-17+,24-18+;. The molecule has 2 saturated heterocycles. The van der Waals surface area contributed by atoms with Crippen molar-refractivity contribution < 1.29 is 14.3 Å². The molecule has 32 heavy (non-hydrogen) atoms. The van der Waals surface area contributed by atoms with E-state index in [0.717, 1.165) is 44.0 Å². The first kappa shape index (κ1) is 23.9. The minimum Gasteiger partial charge on any atom is -0.379 e. The Labute approximate surface area is 195 Å². The second kappa shape index (κ2) is 11.8. The number of carbonyl (C=O) groups excluding carboxylic acids is 2. The van der Waals surface area contributed by atoms with Gasteiger partial charge in [0.25, 0.3) is 0 Å². The summed E-state index contributed by atoms with van der Waals surface area (Å²) in [6.45, 7) is 4.60. The van der Waals surface area contributed by atoms with Crippen LogP contribution < -0.4 is 0 Å². The smallest absolute Gasteiger partial charge is 0.224 e. The fourth-order valence-corrected chi connectivity index (χ4v) is 3.95. The van der Waals surface area contributed by atoms with Crippen LogP contribution in [-0.4, -0.2) is 67.4 Å². The van der Waals surface area contributed by atoms with Crippen molar-refractivity contribution in [1.82, 2.24) is 9.80 Å². The van der Waals surface area contributed by atoms with E-state index in [0.29, 0.717) is 30.7 Å². The second-order valence-corrected chi connectivity index (χ2v) is 7.94. The number of likely N-dealkylation sites (tertiary alicyclic amines) is 1. The van der Waals surface area contributed by atoms with Crippen LogP contribution in [0.4, 0.5) is 0 Å². The topological polar surface area (TPSA) is 49.9 Å². The Morgan fingerprint density at radius 3 is 1.84 bits per heavy atom. The first-order chi connectivity index (χ1) is 15.2. The number of nitrogens with zero attached hydrogens (tertiary/aromatic N) is 2. The third-order valence-electron chi connectivity index (χ3n) is 5.68. The lowest BCUT2D eigenvalue weighted by Gasteiger charge is -2.31. The molecule has 2 aliphatic rings. The molecule has 4 rings (SSSR count). The minimum atomic E-state index is 0. The molecule has 0 spiro atoms. The number of morpholine rings is 1. The molecule has 2 heterocycles. The van der Waals surface area contributed by atoms with E-state index >= 15 is 0 Å². The number of halogens is 1. The lowest BCUT2D eigenvalue weighted by Crippen LogP contribution is -2.44. The number of carbonyl (C=O) groups is 2. The van der Waals surface area contributed by atoms with Gasteiger partial charge in [0.2, 0.25) is 5.91 Å². The van der Waals surface area contributed by atoms with Crippen LogP contribution >= 0.6 is 12.4 Å². The number of piperidine rings is 1. The van der Waals surface area contributed by atoms with Crippen molar-refractivity contribution in [3.8, 4) is 0 Å². The van der Waals surface area contributed by atoms with E-state index in [1.165, 1.54) is 0 Å². The molecule has 0 saturated carbocycles. The number of hydrogen-bond donors (Lipinski definition) is 0. The van der Waals surface area contributed by atoms with Crippen LogP contribution in [-0.2, 0) is 14.3 Å². The molecule has 0 aromatic heterocycles. The van der Waals surface area contributed by atoms with Gasteiger partial charge in [-0.15, -0.1) is 12.4 Å². The number of ketones is 1. The molecule has 2 aromatic carbocycles. The lowest BCUT2D eigenvalue weighted by molar-refractivity contribution is -0.131. The Bertz CT molecular complexity index is 906. The van der Waals surface area contributed by atoms with E-state index in [1.807, 2.05) is 77.7 Å². The molecule has 0 N–H and O–H groups in total. The van der Waals surface area contributed by atoms with E-state index < -0.39 is 0 Å². The van der Waals surface area contributed by atoms with Crippen molar-refractivity contribution in [2.75, 3.05) is 45.9 Å². The van der Waals surface area contributed by atoms with Crippen LogP contribution in [0.25, 0.3) is 12.2 Å². The number of benzene rings is 2. The van der Waals surface area contributed by atoms with Crippen molar-refractivity contribution in [3.63, 3.8) is 0 Å². The maximum Gasteiger partial charge on any atom is 0.224 e. The molecule has 0 bridgehead atoms. The zero-order valence-corrected chi connectivity index (χ0v) is 18.9. The predicted molar refractivity (Wildman–Crippen MR) is 130 cm³/mol. The van der Waals surface area contributed by atoms with E-state index in [1.54, 1.807) is 0 Å². The molecule has 0 atom stereocenters. The summed E-state index contributed by atoms with van der Waals surface area (Å²) in [5.74, 6) is 0.0989. The number of rotatable bonds is 5. The maximum atomic E-state index is 13.2. The van der Waals surface area contributed by atoms with Gasteiger partial charge in [-0.3, -0.25) is 14.5 Å². The summed E-state index contributed by atoms with van der Waals surface area (Å²) in [7, 11) is 0. The van der Waals surface area contributed by atoms with Crippen LogP contribution in [0.15, 0.2) is 71.8 Å². The van der Waals surface area contributed by atoms with E-state index in [2.05, 4.69) is 4.90 Å². The minimum absolute atomic E-state index is 0. The molecule has 1 amide bonds. The molecule has 2 aliphatic heterocycles. The number of hydrogen-bond acceptors (Lipinski definition) is 4. The van der Waals surface area contributed by atoms with E-state index in [-0.39, 0.29) is 24.1 Å². The molecule has 168 valence electrons. The van der Waals surface area contributed by atoms with Crippen LogP contribution in [0, 0.1) is 0 Å². The molecule has 0 aliphatic carbocycles. The highest BCUT2D eigenvalue weighted by atomic mass is 35.5. The molecular formula is C26H29ClN2O3. The van der Waals surface area contributed by atoms with Crippen molar-refractivity contribution >= 4 is 36.2 Å². The quantitative estimate of drug-likeness (QED) is 0.649. The molecule has 5 nitrogen and oxygen atoms in total. The van der Waals surface area contributed by atoms with Gasteiger partial charge in [0.15, 0.2) is 5.78 Å². The third kappa shape index (κ3) is 6.39. The molecule has 2 fully saturated rings. The SMILES string of the molecule is Cl.O=C1/C(=C/c2ccccc2)CN(C(=O)CCN2CCOCC2)C/C1=C\c1ccccc1. The fraction of sp³-hybridized carbons (Fsp3) is 0.308. The molecule has 2 aromatic rings. The van der Waals surface area contributed by atoms with E-state index in [4.69, 9.17) is 4.74 Å². The summed E-state index contributed by atoms with van der Waals surface area (Å²) in [6, 6.07) is 19.6. The predicted octanol–water partition coefficient (Wildman–Crippen LogP) is 3.71. The van der Waals surface area contributed by atoms with Gasteiger partial charge >= 0.3 is 0 Å². The Hall–Kier alpha value is -2.73. The second-order valence-electron chi connectivity index (χ2n) is 7.94. The Balaban J connectivity index is 0.00000289. The van der Waals surface area contributed by atoms with Gasteiger partial charge in [0.1, 0.15) is 0 Å². The molecular weight excluding hydrogens is 424 g/mol. The normalized spacial score (nSPS) is 19.8. The highest BCUT2D eigenvalue weighted by molar-refractivity contribution is 6.15. The van der Waals surface area contributed by atoms with Gasteiger partial charge in [-0.2, -0.15) is 0 Å².